The van der Waals surface area contributed by atoms with Gasteiger partial charge in [-0.1, -0.05) is 6.92 Å². The molecule has 1 aromatic heterocycles. The fraction of sp³-hybridized carbons (Fsp3) is 0.571. The molecule has 1 aliphatic rings. The highest BCUT2D eigenvalue weighted by Gasteiger charge is 2.26. The first-order valence-electron chi connectivity index (χ1n) is 6.85. The minimum atomic E-state index is -0.979. The summed E-state index contributed by atoms with van der Waals surface area (Å²) in [5, 5.41) is 8.90. The van der Waals surface area contributed by atoms with E-state index in [9.17, 15) is 9.59 Å². The fourth-order valence-electron chi connectivity index (χ4n) is 2.53. The van der Waals surface area contributed by atoms with Crippen LogP contribution in [-0.2, 0) is 0 Å². The lowest BCUT2D eigenvalue weighted by Crippen LogP contribution is -2.45. The van der Waals surface area contributed by atoms with Gasteiger partial charge < -0.3 is 14.9 Å². The Kier molecular flexibility index (Phi) is 4.77. The highest BCUT2D eigenvalue weighted by Crippen LogP contribution is 2.22. The van der Waals surface area contributed by atoms with E-state index in [1.807, 2.05) is 7.05 Å². The number of piperidine rings is 1. The first-order chi connectivity index (χ1) is 9.52. The van der Waals surface area contributed by atoms with Crippen molar-refractivity contribution >= 4 is 23.2 Å². The van der Waals surface area contributed by atoms with E-state index < -0.39 is 5.97 Å². The Bertz CT molecular complexity index is 492. The Morgan fingerprint density at radius 1 is 1.35 bits per heavy atom. The number of carboxylic acids is 1. The van der Waals surface area contributed by atoms with Gasteiger partial charge in [-0.3, -0.25) is 4.79 Å². The molecule has 1 aromatic rings. The number of hydrogen-bond acceptors (Lipinski definition) is 4. The van der Waals surface area contributed by atoms with Gasteiger partial charge in [-0.05, 0) is 31.5 Å². The zero-order chi connectivity index (χ0) is 14.7. The lowest BCUT2D eigenvalue weighted by molar-refractivity contribution is 0.0650. The van der Waals surface area contributed by atoms with Gasteiger partial charge in [-0.2, -0.15) is 0 Å². The van der Waals surface area contributed by atoms with E-state index in [2.05, 4.69) is 11.8 Å². The van der Waals surface area contributed by atoms with Crippen LogP contribution in [0.3, 0.4) is 0 Å². The maximum Gasteiger partial charge on any atom is 0.345 e. The molecule has 0 spiro atoms. The number of likely N-dealkylation sites (tertiary alicyclic amines) is 1. The van der Waals surface area contributed by atoms with Crippen LogP contribution in [0, 0.1) is 0 Å². The molecule has 0 bridgehead atoms. The second kappa shape index (κ2) is 6.37. The average Bonchev–Trinajstić information content (AvgIpc) is 2.96. The van der Waals surface area contributed by atoms with E-state index in [1.54, 1.807) is 11.0 Å². The molecule has 6 heteroatoms. The lowest BCUT2D eigenvalue weighted by Gasteiger charge is -2.36. The number of amides is 1. The van der Waals surface area contributed by atoms with Crippen molar-refractivity contribution in [2.75, 3.05) is 26.7 Å². The Morgan fingerprint density at radius 2 is 1.95 bits per heavy atom. The van der Waals surface area contributed by atoms with Crippen LogP contribution < -0.4 is 0 Å². The van der Waals surface area contributed by atoms with Gasteiger partial charge in [0.2, 0.25) is 0 Å². The Labute approximate surface area is 122 Å². The zero-order valence-corrected chi connectivity index (χ0v) is 12.7. The predicted molar refractivity (Wildman–Crippen MR) is 78.5 cm³/mol. The van der Waals surface area contributed by atoms with Crippen molar-refractivity contribution in [3.8, 4) is 0 Å². The van der Waals surface area contributed by atoms with Crippen molar-refractivity contribution < 1.29 is 14.7 Å². The van der Waals surface area contributed by atoms with Crippen molar-refractivity contribution in [1.82, 2.24) is 9.80 Å². The van der Waals surface area contributed by atoms with E-state index >= 15 is 0 Å². The van der Waals surface area contributed by atoms with E-state index in [1.165, 1.54) is 6.07 Å². The molecule has 5 nitrogen and oxygen atoms in total. The molecule has 0 aromatic carbocycles. The Balaban J connectivity index is 1.99. The minimum Gasteiger partial charge on any atom is -0.477 e. The molecular weight excluding hydrogens is 276 g/mol. The number of carbonyl (C=O) groups is 2. The van der Waals surface area contributed by atoms with Crippen LogP contribution in [0.2, 0.25) is 0 Å². The van der Waals surface area contributed by atoms with Crippen molar-refractivity contribution in [3.63, 3.8) is 0 Å². The number of nitrogens with zero attached hydrogens (tertiary/aromatic N) is 2. The molecule has 0 saturated carbocycles. The largest absolute Gasteiger partial charge is 0.477 e. The highest BCUT2D eigenvalue weighted by atomic mass is 32.1. The van der Waals surface area contributed by atoms with Crippen LogP contribution in [0.1, 0.15) is 39.1 Å². The normalized spacial score (nSPS) is 17.1. The molecule has 2 rings (SSSR count). The predicted octanol–water partition coefficient (Wildman–Crippen LogP) is 2.00. The van der Waals surface area contributed by atoms with Gasteiger partial charge in [0, 0.05) is 26.2 Å². The molecule has 1 N–H and O–H groups in total. The van der Waals surface area contributed by atoms with Crippen molar-refractivity contribution in [3.05, 3.63) is 21.9 Å². The number of hydrogen-bond donors (Lipinski definition) is 1. The molecule has 1 amide bonds. The van der Waals surface area contributed by atoms with Crippen LogP contribution in [0.15, 0.2) is 12.1 Å². The molecule has 2 heterocycles. The number of aromatic carboxylic acids is 1. The highest BCUT2D eigenvalue weighted by molar-refractivity contribution is 7.15. The topological polar surface area (TPSA) is 60.9 Å². The molecule has 110 valence electrons. The van der Waals surface area contributed by atoms with E-state index in [-0.39, 0.29) is 16.8 Å². The maximum absolute atomic E-state index is 12.4. The fourth-order valence-corrected chi connectivity index (χ4v) is 3.36. The van der Waals surface area contributed by atoms with Crippen molar-refractivity contribution in [1.29, 1.82) is 0 Å². The van der Waals surface area contributed by atoms with E-state index in [0.717, 1.165) is 43.8 Å². The van der Waals surface area contributed by atoms with Crippen LogP contribution in [-0.4, -0.2) is 59.5 Å². The molecule has 1 saturated heterocycles. The molecule has 0 unspecified atom stereocenters. The summed E-state index contributed by atoms with van der Waals surface area (Å²) >= 11 is 1.05. The van der Waals surface area contributed by atoms with Crippen LogP contribution in [0.25, 0.3) is 0 Å². The molecule has 0 radical (unpaired) electrons. The zero-order valence-electron chi connectivity index (χ0n) is 11.8. The first kappa shape index (κ1) is 15.0. The summed E-state index contributed by atoms with van der Waals surface area (Å²) in [4.78, 5) is 28.1. The van der Waals surface area contributed by atoms with E-state index in [0.29, 0.717) is 4.88 Å². The quantitative estimate of drug-likeness (QED) is 0.923. The molecule has 0 atom stereocenters. The van der Waals surface area contributed by atoms with Gasteiger partial charge in [0.15, 0.2) is 0 Å². The summed E-state index contributed by atoms with van der Waals surface area (Å²) < 4.78 is 0. The SMILES string of the molecule is CCN1CCC(N(C)C(=O)c2ccc(C(=O)O)s2)CC1. The molecule has 20 heavy (non-hydrogen) atoms. The summed E-state index contributed by atoms with van der Waals surface area (Å²) in [7, 11) is 1.81. The smallest absolute Gasteiger partial charge is 0.345 e. The van der Waals surface area contributed by atoms with Gasteiger partial charge in [0.25, 0.3) is 5.91 Å². The standard InChI is InChI=1S/C14H20N2O3S/c1-3-16-8-6-10(7-9-16)15(2)13(17)11-4-5-12(20-11)14(18)19/h4-5,10H,3,6-9H2,1-2H3,(H,18,19). The van der Waals surface area contributed by atoms with Gasteiger partial charge in [0.05, 0.1) is 4.88 Å². The molecule has 1 fully saturated rings. The van der Waals surface area contributed by atoms with Gasteiger partial charge in [0.1, 0.15) is 4.88 Å². The number of rotatable bonds is 4. The second-order valence-corrected chi connectivity index (χ2v) is 6.13. The molecular formula is C14H20N2O3S. The molecule has 1 aliphatic heterocycles. The van der Waals surface area contributed by atoms with Crippen LogP contribution >= 0.6 is 11.3 Å². The monoisotopic (exact) mass is 296 g/mol. The first-order valence-corrected chi connectivity index (χ1v) is 7.67. The third-order valence-corrected chi connectivity index (χ3v) is 4.96. The van der Waals surface area contributed by atoms with Crippen molar-refractivity contribution in [2.24, 2.45) is 0 Å². The Morgan fingerprint density at radius 3 is 2.45 bits per heavy atom. The average molecular weight is 296 g/mol. The number of carboxylic acid groups (broad SMARTS) is 1. The third-order valence-electron chi connectivity index (χ3n) is 3.90. The van der Waals surface area contributed by atoms with Gasteiger partial charge in [-0.25, -0.2) is 4.79 Å². The summed E-state index contributed by atoms with van der Waals surface area (Å²) in [6.07, 6.45) is 1.96. The van der Waals surface area contributed by atoms with Crippen LogP contribution in [0.5, 0.6) is 0 Å². The second-order valence-electron chi connectivity index (χ2n) is 5.05. The minimum absolute atomic E-state index is 0.0718. The summed E-state index contributed by atoms with van der Waals surface area (Å²) in [6.45, 7) is 5.23. The summed E-state index contributed by atoms with van der Waals surface area (Å²) in [5.41, 5.74) is 0. The summed E-state index contributed by atoms with van der Waals surface area (Å²) in [5.74, 6) is -1.05. The van der Waals surface area contributed by atoms with Crippen molar-refractivity contribution in [2.45, 2.75) is 25.8 Å². The molecule has 0 aliphatic carbocycles. The lowest BCUT2D eigenvalue weighted by atomic mass is 10.0. The van der Waals surface area contributed by atoms with Gasteiger partial charge >= 0.3 is 5.97 Å². The number of thiophene rings is 1. The summed E-state index contributed by atoms with van der Waals surface area (Å²) in [6, 6.07) is 3.35. The number of carbonyl (C=O) groups excluding carboxylic acids is 1. The third kappa shape index (κ3) is 3.19. The maximum atomic E-state index is 12.4. The Hall–Kier alpha value is -1.40. The van der Waals surface area contributed by atoms with Crippen LogP contribution in [0.4, 0.5) is 0 Å². The van der Waals surface area contributed by atoms with E-state index in [4.69, 9.17) is 5.11 Å². The van der Waals surface area contributed by atoms with Gasteiger partial charge in [-0.15, -0.1) is 11.3 Å².